The van der Waals surface area contributed by atoms with E-state index in [1.54, 1.807) is 0 Å². The summed E-state index contributed by atoms with van der Waals surface area (Å²) in [4.78, 5) is 34.7. The molecule has 28 heavy (non-hydrogen) atoms. The summed E-state index contributed by atoms with van der Waals surface area (Å²) in [6, 6.07) is 9.18. The van der Waals surface area contributed by atoms with Crippen LogP contribution in [-0.4, -0.2) is 60.3 Å². The number of hydrogen-bond acceptors (Lipinski definition) is 9. The van der Waals surface area contributed by atoms with E-state index in [0.717, 1.165) is 12.5 Å². The average molecular weight is 396 g/mol. The Hall–Kier alpha value is -2.49. The van der Waals surface area contributed by atoms with Crippen LogP contribution in [0.2, 0.25) is 0 Å². The Balaban J connectivity index is 2.29. The van der Waals surface area contributed by atoms with Gasteiger partial charge in [-0.1, -0.05) is 30.3 Å². The Bertz CT molecular complexity index is 675. The Morgan fingerprint density at radius 2 is 1.43 bits per heavy atom. The third kappa shape index (κ3) is 6.01. The van der Waals surface area contributed by atoms with Crippen molar-refractivity contribution in [1.82, 2.24) is 0 Å². The average Bonchev–Trinajstić information content (AvgIpc) is 2.63. The third-order valence-corrected chi connectivity index (χ3v) is 3.93. The number of aliphatic hydroxyl groups excluding tert-OH is 1. The van der Waals surface area contributed by atoms with E-state index >= 15 is 0 Å². The van der Waals surface area contributed by atoms with Crippen molar-refractivity contribution >= 4 is 17.9 Å². The first-order valence-corrected chi connectivity index (χ1v) is 8.75. The Kier molecular flexibility index (Phi) is 7.91. The van der Waals surface area contributed by atoms with Gasteiger partial charge in [-0.05, 0) is 5.56 Å². The van der Waals surface area contributed by atoms with Gasteiger partial charge >= 0.3 is 17.9 Å². The standard InChI is InChI=1S/C19H24O9/c1-11(21)25-16-15(9-20)28-19(24-10-14-7-5-4-6-8-14)18(27-13(3)23)17(16)26-12(2)22/h4-8,15-20H,9-10H2,1-3H3/t15-,16-,17+,18+,19+/m1/s1. The fourth-order valence-electron chi connectivity index (χ4n) is 2.89. The zero-order valence-corrected chi connectivity index (χ0v) is 15.9. The van der Waals surface area contributed by atoms with Crippen molar-refractivity contribution in [2.24, 2.45) is 0 Å². The van der Waals surface area contributed by atoms with E-state index in [4.69, 9.17) is 23.7 Å². The highest BCUT2D eigenvalue weighted by molar-refractivity contribution is 5.68. The lowest BCUT2D eigenvalue weighted by Gasteiger charge is -2.43. The van der Waals surface area contributed by atoms with E-state index in [-0.39, 0.29) is 6.61 Å². The number of benzene rings is 1. The van der Waals surface area contributed by atoms with Gasteiger partial charge in [0.2, 0.25) is 0 Å². The van der Waals surface area contributed by atoms with Crippen molar-refractivity contribution in [1.29, 1.82) is 0 Å². The summed E-state index contributed by atoms with van der Waals surface area (Å²) >= 11 is 0. The molecule has 0 unspecified atom stereocenters. The predicted octanol–water partition coefficient (Wildman–Crippen LogP) is 0.715. The zero-order valence-electron chi connectivity index (χ0n) is 15.9. The second-order valence-electron chi connectivity index (χ2n) is 6.24. The molecule has 0 radical (unpaired) electrons. The first-order chi connectivity index (χ1) is 13.3. The lowest BCUT2D eigenvalue weighted by Crippen LogP contribution is -2.62. The van der Waals surface area contributed by atoms with Gasteiger partial charge in [0.1, 0.15) is 6.10 Å². The van der Waals surface area contributed by atoms with Gasteiger partial charge in [-0.2, -0.15) is 0 Å². The van der Waals surface area contributed by atoms with Crippen LogP contribution in [0.3, 0.4) is 0 Å². The molecule has 9 nitrogen and oxygen atoms in total. The molecule has 1 aromatic carbocycles. The van der Waals surface area contributed by atoms with E-state index in [1.165, 1.54) is 13.8 Å². The molecule has 154 valence electrons. The highest BCUT2D eigenvalue weighted by Gasteiger charge is 2.52. The molecule has 0 spiro atoms. The molecule has 1 aromatic rings. The lowest BCUT2D eigenvalue weighted by molar-refractivity contribution is -0.310. The number of rotatable bonds is 7. The molecule has 1 heterocycles. The number of aliphatic hydroxyl groups is 1. The Labute approximate surface area is 162 Å². The van der Waals surface area contributed by atoms with Crippen LogP contribution in [0.25, 0.3) is 0 Å². The maximum atomic E-state index is 11.6. The van der Waals surface area contributed by atoms with Gasteiger partial charge in [0.25, 0.3) is 0 Å². The van der Waals surface area contributed by atoms with Crippen molar-refractivity contribution in [3.8, 4) is 0 Å². The molecule has 5 atom stereocenters. The summed E-state index contributed by atoms with van der Waals surface area (Å²) in [5.41, 5.74) is 0.833. The van der Waals surface area contributed by atoms with Crippen LogP contribution in [0.5, 0.6) is 0 Å². The minimum atomic E-state index is -1.21. The van der Waals surface area contributed by atoms with E-state index in [0.29, 0.717) is 0 Å². The van der Waals surface area contributed by atoms with Gasteiger partial charge < -0.3 is 28.8 Å². The SMILES string of the molecule is CC(=O)O[C@@H]1[C@H](OC(C)=O)[C@@H](OCc2ccccc2)O[C@H](CO)[C@H]1OC(C)=O. The molecular formula is C19H24O9. The number of carbonyl (C=O) groups is 3. The molecule has 1 saturated heterocycles. The normalized spacial score (nSPS) is 26.9. The minimum Gasteiger partial charge on any atom is -0.456 e. The first-order valence-electron chi connectivity index (χ1n) is 8.75. The number of carbonyl (C=O) groups excluding carboxylic acids is 3. The van der Waals surface area contributed by atoms with Gasteiger partial charge in [-0.15, -0.1) is 0 Å². The van der Waals surface area contributed by atoms with Crippen LogP contribution in [0.1, 0.15) is 26.3 Å². The maximum absolute atomic E-state index is 11.6. The monoisotopic (exact) mass is 396 g/mol. The second-order valence-corrected chi connectivity index (χ2v) is 6.24. The van der Waals surface area contributed by atoms with Crippen LogP contribution in [0.4, 0.5) is 0 Å². The van der Waals surface area contributed by atoms with Gasteiger partial charge in [-0.3, -0.25) is 14.4 Å². The minimum absolute atomic E-state index is 0.118. The molecule has 9 heteroatoms. The lowest BCUT2D eigenvalue weighted by atomic mass is 9.98. The fourth-order valence-corrected chi connectivity index (χ4v) is 2.89. The molecule has 1 aliphatic heterocycles. The first kappa shape index (κ1) is 21.8. The number of hydrogen-bond donors (Lipinski definition) is 1. The van der Waals surface area contributed by atoms with Crippen molar-refractivity contribution in [3.63, 3.8) is 0 Å². The fraction of sp³-hybridized carbons (Fsp3) is 0.526. The molecule has 0 amide bonds. The summed E-state index contributed by atoms with van der Waals surface area (Å²) in [6.07, 6.45) is -5.78. The van der Waals surface area contributed by atoms with Crippen molar-refractivity contribution in [3.05, 3.63) is 35.9 Å². The largest absolute Gasteiger partial charge is 0.456 e. The quantitative estimate of drug-likeness (QED) is 0.525. The van der Waals surface area contributed by atoms with E-state index in [9.17, 15) is 19.5 Å². The maximum Gasteiger partial charge on any atom is 0.303 e. The molecular weight excluding hydrogens is 372 g/mol. The van der Waals surface area contributed by atoms with E-state index in [2.05, 4.69) is 0 Å². The van der Waals surface area contributed by atoms with Gasteiger partial charge in [0, 0.05) is 20.8 Å². The number of ether oxygens (including phenoxy) is 5. The van der Waals surface area contributed by atoms with E-state index < -0.39 is 55.2 Å². The Morgan fingerprint density at radius 1 is 0.893 bits per heavy atom. The van der Waals surface area contributed by atoms with Crippen LogP contribution >= 0.6 is 0 Å². The second kappa shape index (κ2) is 10.2. The highest BCUT2D eigenvalue weighted by atomic mass is 16.7. The third-order valence-electron chi connectivity index (χ3n) is 3.93. The molecule has 0 bridgehead atoms. The topological polar surface area (TPSA) is 118 Å². The summed E-state index contributed by atoms with van der Waals surface area (Å²) in [6.45, 7) is 3.09. The number of esters is 3. The molecule has 0 aromatic heterocycles. The van der Waals surface area contributed by atoms with Crippen molar-refractivity contribution in [2.75, 3.05) is 6.61 Å². The molecule has 1 N–H and O–H groups in total. The van der Waals surface area contributed by atoms with Crippen molar-refractivity contribution in [2.45, 2.75) is 58.1 Å². The smallest absolute Gasteiger partial charge is 0.303 e. The van der Waals surface area contributed by atoms with Crippen molar-refractivity contribution < 1.29 is 43.2 Å². The van der Waals surface area contributed by atoms with Crippen LogP contribution in [-0.2, 0) is 44.7 Å². The highest BCUT2D eigenvalue weighted by Crippen LogP contribution is 2.30. The predicted molar refractivity (Wildman–Crippen MR) is 93.6 cm³/mol. The van der Waals surface area contributed by atoms with Gasteiger partial charge in [0.15, 0.2) is 24.6 Å². The summed E-state index contributed by atoms with van der Waals surface area (Å²) in [5.74, 6) is -2.02. The molecule has 0 saturated carbocycles. The molecule has 2 rings (SSSR count). The zero-order chi connectivity index (χ0) is 20.7. The van der Waals surface area contributed by atoms with Gasteiger partial charge in [-0.25, -0.2) is 0 Å². The van der Waals surface area contributed by atoms with Gasteiger partial charge in [0.05, 0.1) is 13.2 Å². The molecule has 1 aliphatic rings. The summed E-state index contributed by atoms with van der Waals surface area (Å²) < 4.78 is 27.1. The van der Waals surface area contributed by atoms with Crippen LogP contribution < -0.4 is 0 Å². The summed E-state index contributed by atoms with van der Waals surface area (Å²) in [5, 5.41) is 9.68. The Morgan fingerprint density at radius 3 is 1.96 bits per heavy atom. The summed E-state index contributed by atoms with van der Waals surface area (Å²) in [7, 11) is 0. The molecule has 1 fully saturated rings. The van der Waals surface area contributed by atoms with Crippen LogP contribution in [0.15, 0.2) is 30.3 Å². The molecule has 0 aliphatic carbocycles. The van der Waals surface area contributed by atoms with E-state index in [1.807, 2.05) is 30.3 Å². The van der Waals surface area contributed by atoms with Crippen LogP contribution in [0, 0.1) is 0 Å².